The molecule has 2 heterocycles. The number of nitrogens with one attached hydrogen (secondary N) is 2. The topological polar surface area (TPSA) is 84.0 Å². The second kappa shape index (κ2) is 8.85. The number of nitrogens with zero attached hydrogens (tertiary/aromatic N) is 2. The molecular weight excluding hydrogens is 372 g/mol. The van der Waals surface area contributed by atoms with Gasteiger partial charge >= 0.3 is 0 Å². The van der Waals surface area contributed by atoms with Gasteiger partial charge in [0.15, 0.2) is 9.84 Å². The second-order valence-electron chi connectivity index (χ2n) is 7.72. The summed E-state index contributed by atoms with van der Waals surface area (Å²) in [5, 5.41) is 6.74. The van der Waals surface area contributed by atoms with E-state index in [-0.39, 0.29) is 23.2 Å². The van der Waals surface area contributed by atoms with E-state index < -0.39 is 9.84 Å². The zero-order valence-corrected chi connectivity index (χ0v) is 17.4. The van der Waals surface area contributed by atoms with Gasteiger partial charge in [-0.05, 0) is 44.1 Å². The SMILES string of the molecule is CCCC1(CNc2ncc(S(C)(=O)=O)c(C3CCCNC3)n2)CCC1.Cl. The van der Waals surface area contributed by atoms with Crippen LogP contribution in [-0.2, 0) is 9.84 Å². The van der Waals surface area contributed by atoms with Crippen molar-refractivity contribution >= 4 is 28.2 Å². The van der Waals surface area contributed by atoms with Gasteiger partial charge in [0, 0.05) is 25.3 Å². The molecule has 0 spiro atoms. The molecule has 1 aliphatic carbocycles. The average molecular weight is 403 g/mol. The molecule has 1 aromatic heterocycles. The Labute approximate surface area is 163 Å². The van der Waals surface area contributed by atoms with Crippen LogP contribution < -0.4 is 10.6 Å². The summed E-state index contributed by atoms with van der Waals surface area (Å²) in [5.74, 6) is 0.700. The van der Waals surface area contributed by atoms with Crippen molar-refractivity contribution in [1.82, 2.24) is 15.3 Å². The van der Waals surface area contributed by atoms with Crippen LogP contribution in [0.4, 0.5) is 5.95 Å². The number of sulfone groups is 1. The molecule has 0 aromatic carbocycles. The van der Waals surface area contributed by atoms with Gasteiger partial charge in [0.1, 0.15) is 4.90 Å². The Hall–Kier alpha value is -0.920. The van der Waals surface area contributed by atoms with Gasteiger partial charge in [0.05, 0.1) is 11.9 Å². The van der Waals surface area contributed by atoms with E-state index in [1.807, 2.05) is 0 Å². The van der Waals surface area contributed by atoms with Crippen LogP contribution in [0.15, 0.2) is 11.1 Å². The fourth-order valence-electron chi connectivity index (χ4n) is 4.12. The zero-order chi connectivity index (χ0) is 17.9. The van der Waals surface area contributed by atoms with Gasteiger partial charge in [-0.2, -0.15) is 0 Å². The fourth-order valence-corrected chi connectivity index (χ4v) is 4.96. The molecule has 1 saturated heterocycles. The summed E-state index contributed by atoms with van der Waals surface area (Å²) in [6.07, 6.45) is 11.0. The Morgan fingerprint density at radius 2 is 2.12 bits per heavy atom. The highest BCUT2D eigenvalue weighted by Crippen LogP contribution is 2.44. The summed E-state index contributed by atoms with van der Waals surface area (Å²) in [5.41, 5.74) is 1.05. The molecule has 1 unspecified atom stereocenters. The first-order valence-corrected chi connectivity index (χ1v) is 11.3. The van der Waals surface area contributed by atoms with Crippen molar-refractivity contribution in [3.8, 4) is 0 Å². The van der Waals surface area contributed by atoms with E-state index in [1.54, 1.807) is 0 Å². The lowest BCUT2D eigenvalue weighted by molar-refractivity contribution is 0.135. The van der Waals surface area contributed by atoms with Crippen LogP contribution in [0, 0.1) is 5.41 Å². The van der Waals surface area contributed by atoms with Crippen LogP contribution in [0.3, 0.4) is 0 Å². The van der Waals surface area contributed by atoms with Crippen molar-refractivity contribution in [3.63, 3.8) is 0 Å². The first-order chi connectivity index (χ1) is 11.9. The molecular formula is C18H31ClN4O2S. The van der Waals surface area contributed by atoms with E-state index in [0.29, 0.717) is 17.1 Å². The molecule has 1 aromatic rings. The van der Waals surface area contributed by atoms with E-state index in [4.69, 9.17) is 0 Å². The second-order valence-corrected chi connectivity index (χ2v) is 9.70. The highest BCUT2D eigenvalue weighted by molar-refractivity contribution is 7.90. The molecule has 0 bridgehead atoms. The number of hydrogen-bond acceptors (Lipinski definition) is 6. The smallest absolute Gasteiger partial charge is 0.222 e. The Morgan fingerprint density at radius 3 is 2.65 bits per heavy atom. The van der Waals surface area contributed by atoms with Gasteiger partial charge in [-0.3, -0.25) is 0 Å². The number of piperidine rings is 1. The molecule has 0 amide bonds. The van der Waals surface area contributed by atoms with Gasteiger partial charge in [0.2, 0.25) is 5.95 Å². The minimum Gasteiger partial charge on any atom is -0.354 e. The minimum atomic E-state index is -3.33. The minimum absolute atomic E-state index is 0. The maximum atomic E-state index is 12.1. The third-order valence-electron chi connectivity index (χ3n) is 5.68. The van der Waals surface area contributed by atoms with Crippen LogP contribution in [0.2, 0.25) is 0 Å². The number of anilines is 1. The summed E-state index contributed by atoms with van der Waals surface area (Å²) < 4.78 is 24.3. The number of rotatable bonds is 7. The van der Waals surface area contributed by atoms with E-state index >= 15 is 0 Å². The van der Waals surface area contributed by atoms with Crippen LogP contribution >= 0.6 is 12.4 Å². The Kier molecular flexibility index (Phi) is 7.27. The number of halogens is 1. The molecule has 26 heavy (non-hydrogen) atoms. The molecule has 1 saturated carbocycles. The first kappa shape index (κ1) is 21.4. The van der Waals surface area contributed by atoms with Crippen LogP contribution in [0.25, 0.3) is 0 Å². The first-order valence-electron chi connectivity index (χ1n) is 9.45. The molecule has 0 radical (unpaired) electrons. The molecule has 8 heteroatoms. The molecule has 1 atom stereocenters. The number of aromatic nitrogens is 2. The maximum Gasteiger partial charge on any atom is 0.222 e. The number of hydrogen-bond donors (Lipinski definition) is 2. The van der Waals surface area contributed by atoms with E-state index in [9.17, 15) is 8.42 Å². The maximum absolute atomic E-state index is 12.1. The largest absolute Gasteiger partial charge is 0.354 e. The van der Waals surface area contributed by atoms with Crippen molar-refractivity contribution < 1.29 is 8.42 Å². The standard InChI is InChI=1S/C18H30N4O2S.ClH/c1-3-7-18(8-5-9-18)13-21-17-20-12-15(25(2,23)24)16(22-17)14-6-4-10-19-11-14;/h12,14,19H,3-11,13H2,1-2H3,(H,20,21,22);1H. The Balaban J connectivity index is 0.00000243. The van der Waals surface area contributed by atoms with Crippen molar-refractivity contribution in [1.29, 1.82) is 0 Å². The molecule has 3 rings (SSSR count). The summed E-state index contributed by atoms with van der Waals surface area (Å²) in [7, 11) is -3.33. The highest BCUT2D eigenvalue weighted by Gasteiger charge is 2.36. The molecule has 2 fully saturated rings. The third kappa shape index (κ3) is 4.87. The van der Waals surface area contributed by atoms with Gasteiger partial charge in [-0.25, -0.2) is 18.4 Å². The molecule has 6 nitrogen and oxygen atoms in total. The average Bonchev–Trinajstić information content (AvgIpc) is 2.57. The normalized spacial score (nSPS) is 22.2. The summed E-state index contributed by atoms with van der Waals surface area (Å²) in [6, 6.07) is 0. The van der Waals surface area contributed by atoms with Crippen LogP contribution in [-0.4, -0.2) is 44.3 Å². The van der Waals surface area contributed by atoms with Crippen molar-refractivity contribution in [2.75, 3.05) is 31.2 Å². The van der Waals surface area contributed by atoms with Gasteiger partial charge in [0.25, 0.3) is 0 Å². The van der Waals surface area contributed by atoms with E-state index in [0.717, 1.165) is 32.5 Å². The quantitative estimate of drug-likeness (QED) is 0.728. The predicted octanol–water partition coefficient (Wildman–Crippen LogP) is 3.15. The van der Waals surface area contributed by atoms with Gasteiger partial charge in [-0.15, -0.1) is 12.4 Å². The summed E-state index contributed by atoms with van der Waals surface area (Å²) >= 11 is 0. The van der Waals surface area contributed by atoms with Crippen molar-refractivity contribution in [2.45, 2.75) is 62.7 Å². The van der Waals surface area contributed by atoms with Crippen molar-refractivity contribution in [3.05, 3.63) is 11.9 Å². The molecule has 1 aliphatic heterocycles. The zero-order valence-electron chi connectivity index (χ0n) is 15.8. The van der Waals surface area contributed by atoms with E-state index in [1.165, 1.54) is 44.6 Å². The summed E-state index contributed by atoms with van der Waals surface area (Å²) in [6.45, 7) is 4.87. The monoisotopic (exact) mass is 402 g/mol. The van der Waals surface area contributed by atoms with Gasteiger partial charge in [-0.1, -0.05) is 19.8 Å². The predicted molar refractivity (Wildman–Crippen MR) is 107 cm³/mol. The lowest BCUT2D eigenvalue weighted by Crippen LogP contribution is -2.37. The molecule has 148 valence electrons. The highest BCUT2D eigenvalue weighted by atomic mass is 35.5. The lowest BCUT2D eigenvalue weighted by atomic mass is 9.66. The Bertz CT molecular complexity index is 701. The Morgan fingerprint density at radius 1 is 1.35 bits per heavy atom. The summed E-state index contributed by atoms with van der Waals surface area (Å²) in [4.78, 5) is 9.22. The molecule has 2 N–H and O–H groups in total. The van der Waals surface area contributed by atoms with Gasteiger partial charge < -0.3 is 10.6 Å². The van der Waals surface area contributed by atoms with Crippen LogP contribution in [0.1, 0.15) is 63.5 Å². The van der Waals surface area contributed by atoms with E-state index in [2.05, 4.69) is 27.5 Å². The molecule has 2 aliphatic rings. The third-order valence-corrected chi connectivity index (χ3v) is 6.80. The van der Waals surface area contributed by atoms with Crippen LogP contribution in [0.5, 0.6) is 0 Å². The lowest BCUT2D eigenvalue weighted by Gasteiger charge is -2.42. The van der Waals surface area contributed by atoms with Crippen molar-refractivity contribution in [2.24, 2.45) is 5.41 Å². The fraction of sp³-hybridized carbons (Fsp3) is 0.778.